The molecule has 4 rings (SSSR count). The Morgan fingerprint density at radius 2 is 2.00 bits per heavy atom. The highest BCUT2D eigenvalue weighted by Crippen LogP contribution is 2.31. The Balaban J connectivity index is 1.55. The summed E-state index contributed by atoms with van der Waals surface area (Å²) >= 11 is 0. The van der Waals surface area contributed by atoms with Crippen molar-refractivity contribution < 1.29 is 17.7 Å². The summed E-state index contributed by atoms with van der Waals surface area (Å²) in [6.45, 7) is 3.97. The number of aromatic nitrogens is 2. The molecule has 30 heavy (non-hydrogen) atoms. The summed E-state index contributed by atoms with van der Waals surface area (Å²) < 4.78 is 32.5. The first-order chi connectivity index (χ1) is 14.3. The second-order valence-electron chi connectivity index (χ2n) is 7.30. The van der Waals surface area contributed by atoms with Gasteiger partial charge < -0.3 is 9.42 Å². The molecule has 0 N–H and O–H groups in total. The van der Waals surface area contributed by atoms with Crippen LogP contribution in [0, 0.1) is 6.92 Å². The van der Waals surface area contributed by atoms with Gasteiger partial charge in [0.2, 0.25) is 27.6 Å². The number of carbonyl (C=O) groups is 1. The quantitative estimate of drug-likeness (QED) is 0.622. The molecule has 1 aliphatic heterocycles. The molecule has 2 heterocycles. The molecule has 1 aromatic heterocycles. The predicted octanol–water partition coefficient (Wildman–Crippen LogP) is 2.77. The van der Waals surface area contributed by atoms with Crippen molar-refractivity contribution >= 4 is 21.6 Å². The molecule has 0 saturated carbocycles. The second-order valence-corrected chi connectivity index (χ2v) is 9.34. The van der Waals surface area contributed by atoms with Gasteiger partial charge in [0.15, 0.2) is 0 Å². The Bertz CT molecular complexity index is 1220. The zero-order valence-corrected chi connectivity index (χ0v) is 17.8. The van der Waals surface area contributed by atoms with Gasteiger partial charge in [-0.1, -0.05) is 29.4 Å². The third kappa shape index (κ3) is 3.61. The summed E-state index contributed by atoms with van der Waals surface area (Å²) in [4.78, 5) is 17.9. The van der Waals surface area contributed by atoms with Crippen LogP contribution in [-0.4, -0.2) is 42.4 Å². The molecule has 2 aromatic carbocycles. The highest BCUT2D eigenvalue weighted by molar-refractivity contribution is 7.89. The molecule has 0 bridgehead atoms. The number of sulfonamides is 1. The maximum Gasteiger partial charge on any atom is 0.243 e. The Hall–Kier alpha value is -3.04. The Morgan fingerprint density at radius 3 is 2.73 bits per heavy atom. The molecule has 0 fully saturated rings. The van der Waals surface area contributed by atoms with Crippen LogP contribution in [0.2, 0.25) is 0 Å². The molecule has 1 amide bonds. The largest absolute Gasteiger partial charge is 0.338 e. The topological polar surface area (TPSA) is 96.6 Å². The van der Waals surface area contributed by atoms with Crippen LogP contribution in [0.3, 0.4) is 0 Å². The zero-order chi connectivity index (χ0) is 21.5. The van der Waals surface area contributed by atoms with Crippen LogP contribution in [-0.2, 0) is 27.8 Å². The van der Waals surface area contributed by atoms with Crippen LogP contribution in [0.5, 0.6) is 0 Å². The molecular weight excluding hydrogens is 404 g/mol. The van der Waals surface area contributed by atoms with Crippen LogP contribution in [0.4, 0.5) is 5.69 Å². The number of hydrogen-bond donors (Lipinski definition) is 0. The van der Waals surface area contributed by atoms with Crippen molar-refractivity contribution in [1.29, 1.82) is 0 Å². The molecule has 0 atom stereocenters. The number of benzene rings is 2. The average molecular weight is 426 g/mol. The van der Waals surface area contributed by atoms with Crippen molar-refractivity contribution in [2.75, 3.05) is 18.5 Å². The SMILES string of the molecule is CC(=O)N1CCc2cc(S(=O)(=O)N(C)Cc3nc(-c4ccccc4C)no3)ccc21. The molecule has 0 unspecified atom stereocenters. The van der Waals surface area contributed by atoms with E-state index in [1.54, 1.807) is 17.0 Å². The van der Waals surface area contributed by atoms with Gasteiger partial charge in [0, 0.05) is 31.8 Å². The molecule has 156 valence electrons. The van der Waals surface area contributed by atoms with E-state index < -0.39 is 10.0 Å². The van der Waals surface area contributed by atoms with Crippen LogP contribution in [0.15, 0.2) is 51.9 Å². The predicted molar refractivity (Wildman–Crippen MR) is 111 cm³/mol. The Morgan fingerprint density at radius 1 is 1.23 bits per heavy atom. The van der Waals surface area contributed by atoms with Crippen LogP contribution in [0.25, 0.3) is 11.4 Å². The molecule has 0 saturated heterocycles. The first-order valence-electron chi connectivity index (χ1n) is 9.53. The maximum atomic E-state index is 13.0. The van der Waals surface area contributed by atoms with Gasteiger partial charge in [0.25, 0.3) is 0 Å². The third-order valence-corrected chi connectivity index (χ3v) is 7.05. The van der Waals surface area contributed by atoms with Crippen LogP contribution < -0.4 is 4.90 Å². The van der Waals surface area contributed by atoms with E-state index in [0.29, 0.717) is 18.8 Å². The number of rotatable bonds is 5. The van der Waals surface area contributed by atoms with Crippen LogP contribution in [0.1, 0.15) is 23.9 Å². The van der Waals surface area contributed by atoms with Crippen molar-refractivity contribution in [2.24, 2.45) is 0 Å². The lowest BCUT2D eigenvalue weighted by Crippen LogP contribution is -2.27. The van der Waals surface area contributed by atoms with E-state index in [0.717, 1.165) is 22.4 Å². The van der Waals surface area contributed by atoms with E-state index in [2.05, 4.69) is 10.1 Å². The highest BCUT2D eigenvalue weighted by Gasteiger charge is 2.28. The summed E-state index contributed by atoms with van der Waals surface area (Å²) in [5, 5.41) is 3.98. The van der Waals surface area contributed by atoms with E-state index in [9.17, 15) is 13.2 Å². The highest BCUT2D eigenvalue weighted by atomic mass is 32.2. The third-order valence-electron chi connectivity index (χ3n) is 5.25. The van der Waals surface area contributed by atoms with Gasteiger partial charge in [0.05, 0.1) is 11.4 Å². The van der Waals surface area contributed by atoms with Gasteiger partial charge in [-0.2, -0.15) is 9.29 Å². The zero-order valence-electron chi connectivity index (χ0n) is 17.0. The maximum absolute atomic E-state index is 13.0. The van der Waals surface area contributed by atoms with E-state index >= 15 is 0 Å². The number of amides is 1. The molecule has 0 radical (unpaired) electrons. The Kier molecular flexibility index (Phi) is 5.17. The lowest BCUT2D eigenvalue weighted by atomic mass is 10.1. The average Bonchev–Trinajstić information content (AvgIpc) is 3.34. The number of fused-ring (bicyclic) bond motifs is 1. The molecule has 8 nitrogen and oxygen atoms in total. The van der Waals surface area contributed by atoms with E-state index in [1.165, 1.54) is 24.3 Å². The minimum atomic E-state index is -3.76. The second kappa shape index (κ2) is 7.66. The molecule has 9 heteroatoms. The molecule has 3 aromatic rings. The van der Waals surface area contributed by atoms with Crippen molar-refractivity contribution in [2.45, 2.75) is 31.7 Å². The van der Waals surface area contributed by atoms with Crippen LogP contribution >= 0.6 is 0 Å². The first kappa shape index (κ1) is 20.2. The summed E-state index contributed by atoms with van der Waals surface area (Å²) in [6.07, 6.45) is 0.630. The first-order valence-corrected chi connectivity index (χ1v) is 11.0. The lowest BCUT2D eigenvalue weighted by Gasteiger charge is -2.17. The Labute approximate surface area is 175 Å². The monoisotopic (exact) mass is 426 g/mol. The van der Waals surface area contributed by atoms with Crippen molar-refractivity contribution in [3.05, 3.63) is 59.5 Å². The van der Waals surface area contributed by atoms with Gasteiger partial charge in [-0.25, -0.2) is 8.42 Å². The number of aryl methyl sites for hydroxylation is 1. The fourth-order valence-corrected chi connectivity index (χ4v) is 4.74. The fourth-order valence-electron chi connectivity index (χ4n) is 3.57. The minimum Gasteiger partial charge on any atom is -0.338 e. The number of anilines is 1. The van der Waals surface area contributed by atoms with Crippen molar-refractivity contribution in [1.82, 2.24) is 14.4 Å². The summed E-state index contributed by atoms with van der Waals surface area (Å²) in [7, 11) is -2.28. The van der Waals surface area contributed by atoms with Gasteiger partial charge in [-0.3, -0.25) is 4.79 Å². The number of nitrogens with zero attached hydrogens (tertiary/aromatic N) is 4. The van der Waals surface area contributed by atoms with Crippen molar-refractivity contribution in [3.8, 4) is 11.4 Å². The smallest absolute Gasteiger partial charge is 0.243 e. The summed E-state index contributed by atoms with van der Waals surface area (Å²) in [5.41, 5.74) is 3.46. The summed E-state index contributed by atoms with van der Waals surface area (Å²) in [5.74, 6) is 0.585. The molecular formula is C21H22N4O4S. The molecule has 0 spiro atoms. The van der Waals surface area contributed by atoms with Crippen molar-refractivity contribution in [3.63, 3.8) is 0 Å². The standard InChI is InChI=1S/C21H22N4O4S/c1-14-6-4-5-7-18(14)21-22-20(29-23-21)13-24(3)30(27,28)17-8-9-19-16(12-17)10-11-25(19)15(2)26/h4-9,12H,10-11,13H2,1-3H3. The number of carbonyl (C=O) groups excluding carboxylic acids is 1. The van der Waals surface area contributed by atoms with E-state index in [4.69, 9.17) is 4.52 Å². The van der Waals surface area contributed by atoms with E-state index in [-0.39, 0.29) is 23.2 Å². The lowest BCUT2D eigenvalue weighted by molar-refractivity contribution is -0.116. The minimum absolute atomic E-state index is 0.0438. The van der Waals surface area contributed by atoms with Gasteiger partial charge in [-0.15, -0.1) is 0 Å². The fraction of sp³-hybridized carbons (Fsp3) is 0.286. The number of hydrogen-bond acceptors (Lipinski definition) is 6. The van der Waals surface area contributed by atoms with Gasteiger partial charge >= 0.3 is 0 Å². The molecule has 0 aliphatic carbocycles. The van der Waals surface area contributed by atoms with Gasteiger partial charge in [0.1, 0.15) is 0 Å². The normalized spacial score (nSPS) is 13.7. The molecule has 1 aliphatic rings. The van der Waals surface area contributed by atoms with E-state index in [1.807, 2.05) is 31.2 Å². The van der Waals surface area contributed by atoms with Gasteiger partial charge in [-0.05, 0) is 42.7 Å². The summed E-state index contributed by atoms with van der Waals surface area (Å²) in [6, 6.07) is 12.5.